The molecule has 26 heavy (non-hydrogen) atoms. The van der Waals surface area contributed by atoms with E-state index in [2.05, 4.69) is 10.3 Å². The maximum absolute atomic E-state index is 13.9. The number of para-hydroxylation sites is 1. The lowest BCUT2D eigenvalue weighted by molar-refractivity contribution is -0.134. The molecule has 1 aromatic heterocycles. The van der Waals surface area contributed by atoms with Crippen molar-refractivity contribution in [2.24, 2.45) is 5.73 Å². The molecule has 2 aromatic rings. The van der Waals surface area contributed by atoms with Crippen molar-refractivity contribution in [2.45, 2.75) is 44.4 Å². The quantitative estimate of drug-likeness (QED) is 0.729. The van der Waals surface area contributed by atoms with E-state index in [4.69, 9.17) is 5.73 Å². The van der Waals surface area contributed by atoms with Gasteiger partial charge in [-0.05, 0) is 18.1 Å². The first-order valence-corrected chi connectivity index (χ1v) is 9.01. The molecule has 1 aliphatic heterocycles. The van der Waals surface area contributed by atoms with Crippen LogP contribution in [-0.2, 0) is 16.0 Å². The van der Waals surface area contributed by atoms with Crippen molar-refractivity contribution in [3.63, 3.8) is 0 Å². The number of aromatic nitrogens is 1. The number of nitrogens with zero attached hydrogens (tertiary/aromatic N) is 1. The molecule has 0 spiro atoms. The van der Waals surface area contributed by atoms with Crippen LogP contribution in [0, 0.1) is 0 Å². The summed E-state index contributed by atoms with van der Waals surface area (Å²) in [5, 5.41) is 3.78. The van der Waals surface area contributed by atoms with Crippen LogP contribution in [0.15, 0.2) is 30.5 Å². The van der Waals surface area contributed by atoms with E-state index in [1.54, 1.807) is 6.92 Å². The second-order valence-electron chi connectivity index (χ2n) is 6.81. The first-order valence-electron chi connectivity index (χ1n) is 9.01. The van der Waals surface area contributed by atoms with E-state index in [0.717, 1.165) is 16.5 Å². The number of amides is 2. The summed E-state index contributed by atoms with van der Waals surface area (Å²) in [4.78, 5) is 28.9. The van der Waals surface area contributed by atoms with Crippen molar-refractivity contribution in [2.75, 3.05) is 13.1 Å². The van der Waals surface area contributed by atoms with Crippen LogP contribution < -0.4 is 11.1 Å². The average molecular weight is 360 g/mol. The van der Waals surface area contributed by atoms with Crippen LogP contribution in [0.25, 0.3) is 10.9 Å². The van der Waals surface area contributed by atoms with Crippen LogP contribution in [0.4, 0.5) is 4.39 Å². The normalized spacial score (nSPS) is 21.1. The molecule has 0 saturated carbocycles. The third kappa shape index (κ3) is 3.88. The van der Waals surface area contributed by atoms with Crippen molar-refractivity contribution in [3.05, 3.63) is 36.0 Å². The Kier molecular flexibility index (Phi) is 5.56. The van der Waals surface area contributed by atoms with Crippen LogP contribution in [0.3, 0.4) is 0 Å². The predicted octanol–water partition coefficient (Wildman–Crippen LogP) is 1.50. The van der Waals surface area contributed by atoms with E-state index < -0.39 is 12.2 Å². The SMILES string of the molecule is CCC(=O)NCC1CC(F)CN1C(=O)C(N)Cc1c[nH]c2ccccc12. The molecule has 2 amide bonds. The first kappa shape index (κ1) is 18.4. The summed E-state index contributed by atoms with van der Waals surface area (Å²) in [6.07, 6.45) is 1.75. The van der Waals surface area contributed by atoms with Gasteiger partial charge < -0.3 is 20.9 Å². The van der Waals surface area contributed by atoms with Gasteiger partial charge >= 0.3 is 0 Å². The lowest BCUT2D eigenvalue weighted by Crippen LogP contribution is -2.50. The second kappa shape index (κ2) is 7.86. The van der Waals surface area contributed by atoms with Crippen molar-refractivity contribution in [1.82, 2.24) is 15.2 Å². The van der Waals surface area contributed by atoms with E-state index in [1.165, 1.54) is 4.90 Å². The van der Waals surface area contributed by atoms with Crippen LogP contribution in [0.1, 0.15) is 25.3 Å². The monoisotopic (exact) mass is 360 g/mol. The molecule has 2 heterocycles. The second-order valence-corrected chi connectivity index (χ2v) is 6.81. The lowest BCUT2D eigenvalue weighted by Gasteiger charge is -2.27. The van der Waals surface area contributed by atoms with Gasteiger partial charge in [-0.3, -0.25) is 9.59 Å². The number of aromatic amines is 1. The summed E-state index contributed by atoms with van der Waals surface area (Å²) in [5.74, 6) is -0.381. The van der Waals surface area contributed by atoms with Gasteiger partial charge in [-0.25, -0.2) is 4.39 Å². The number of hydrogen-bond donors (Lipinski definition) is 3. The molecule has 0 aliphatic carbocycles. The topological polar surface area (TPSA) is 91.2 Å². The third-order valence-corrected chi connectivity index (χ3v) is 4.93. The maximum atomic E-state index is 13.9. The summed E-state index contributed by atoms with van der Waals surface area (Å²) in [6.45, 7) is 2.05. The summed E-state index contributed by atoms with van der Waals surface area (Å²) >= 11 is 0. The molecule has 3 atom stereocenters. The number of halogens is 1. The van der Waals surface area contributed by atoms with E-state index in [0.29, 0.717) is 12.8 Å². The number of nitrogens with one attached hydrogen (secondary N) is 2. The Bertz CT molecular complexity index is 791. The fraction of sp³-hybridized carbons (Fsp3) is 0.474. The number of carbonyl (C=O) groups excluding carboxylic acids is 2. The van der Waals surface area contributed by atoms with E-state index >= 15 is 0 Å². The smallest absolute Gasteiger partial charge is 0.240 e. The standard InChI is InChI=1S/C19H25FN4O2/c1-2-18(25)23-10-14-8-13(20)11-24(14)19(26)16(21)7-12-9-22-17-6-4-3-5-15(12)17/h3-6,9,13-14,16,22H,2,7-8,10-11,21H2,1H3,(H,23,25). The van der Waals surface area contributed by atoms with Crippen molar-refractivity contribution in [1.29, 1.82) is 0 Å². The Morgan fingerprint density at radius 1 is 1.42 bits per heavy atom. The Balaban J connectivity index is 1.67. The highest BCUT2D eigenvalue weighted by molar-refractivity contribution is 5.86. The molecule has 7 heteroatoms. The van der Waals surface area contributed by atoms with Crippen LogP contribution in [0.2, 0.25) is 0 Å². The number of alkyl halides is 1. The molecule has 1 aromatic carbocycles. The molecule has 4 N–H and O–H groups in total. The lowest BCUT2D eigenvalue weighted by atomic mass is 10.0. The molecule has 1 aliphatic rings. The minimum atomic E-state index is -1.08. The molecule has 3 rings (SSSR count). The number of likely N-dealkylation sites (tertiary alicyclic amines) is 1. The van der Waals surface area contributed by atoms with Gasteiger partial charge in [0.15, 0.2) is 0 Å². The van der Waals surface area contributed by atoms with Gasteiger partial charge in [0.25, 0.3) is 0 Å². The Labute approximate surface area is 151 Å². The molecule has 0 radical (unpaired) electrons. The number of H-pyrrole nitrogens is 1. The van der Waals surface area contributed by atoms with E-state index in [-0.39, 0.29) is 37.4 Å². The largest absolute Gasteiger partial charge is 0.361 e. The third-order valence-electron chi connectivity index (χ3n) is 4.93. The number of hydrogen-bond acceptors (Lipinski definition) is 3. The zero-order valence-electron chi connectivity index (χ0n) is 14.9. The van der Waals surface area contributed by atoms with Gasteiger partial charge in [0.2, 0.25) is 11.8 Å². The van der Waals surface area contributed by atoms with E-state index in [9.17, 15) is 14.0 Å². The Morgan fingerprint density at radius 3 is 2.96 bits per heavy atom. The zero-order valence-corrected chi connectivity index (χ0v) is 14.9. The predicted molar refractivity (Wildman–Crippen MR) is 98.3 cm³/mol. The molecular formula is C19H25FN4O2. The zero-order chi connectivity index (χ0) is 18.7. The molecule has 140 valence electrons. The number of carbonyl (C=O) groups is 2. The summed E-state index contributed by atoms with van der Waals surface area (Å²) < 4.78 is 13.9. The van der Waals surface area contributed by atoms with Gasteiger partial charge in [0.1, 0.15) is 6.17 Å². The number of benzene rings is 1. The molecule has 1 saturated heterocycles. The van der Waals surface area contributed by atoms with Crippen molar-refractivity contribution < 1.29 is 14.0 Å². The van der Waals surface area contributed by atoms with Gasteiger partial charge in [-0.1, -0.05) is 25.1 Å². The molecule has 3 unspecified atom stereocenters. The first-order chi connectivity index (χ1) is 12.5. The van der Waals surface area contributed by atoms with Gasteiger partial charge in [-0.2, -0.15) is 0 Å². The van der Waals surface area contributed by atoms with Gasteiger partial charge in [-0.15, -0.1) is 0 Å². The van der Waals surface area contributed by atoms with Gasteiger partial charge in [0, 0.05) is 36.5 Å². The van der Waals surface area contributed by atoms with Crippen molar-refractivity contribution >= 4 is 22.7 Å². The highest BCUT2D eigenvalue weighted by atomic mass is 19.1. The van der Waals surface area contributed by atoms with Crippen LogP contribution in [-0.4, -0.2) is 53.0 Å². The number of nitrogens with two attached hydrogens (primary N) is 1. The maximum Gasteiger partial charge on any atom is 0.240 e. The minimum Gasteiger partial charge on any atom is -0.361 e. The number of fused-ring (bicyclic) bond motifs is 1. The van der Waals surface area contributed by atoms with Crippen LogP contribution >= 0.6 is 0 Å². The van der Waals surface area contributed by atoms with Crippen LogP contribution in [0.5, 0.6) is 0 Å². The summed E-state index contributed by atoms with van der Waals surface area (Å²) in [7, 11) is 0. The number of rotatable bonds is 6. The molecular weight excluding hydrogens is 335 g/mol. The van der Waals surface area contributed by atoms with Crippen molar-refractivity contribution in [3.8, 4) is 0 Å². The summed E-state index contributed by atoms with van der Waals surface area (Å²) in [5.41, 5.74) is 8.11. The fourth-order valence-electron chi connectivity index (χ4n) is 3.52. The minimum absolute atomic E-state index is 0.0348. The highest BCUT2D eigenvalue weighted by Gasteiger charge is 2.37. The van der Waals surface area contributed by atoms with E-state index in [1.807, 2.05) is 30.5 Å². The Hall–Kier alpha value is -2.41. The molecule has 0 bridgehead atoms. The average Bonchev–Trinajstić information content (AvgIpc) is 3.22. The molecule has 6 nitrogen and oxygen atoms in total. The summed E-state index contributed by atoms with van der Waals surface area (Å²) in [6, 6.07) is 6.73. The van der Waals surface area contributed by atoms with Gasteiger partial charge in [0.05, 0.1) is 18.6 Å². The Morgan fingerprint density at radius 2 is 2.19 bits per heavy atom. The highest BCUT2D eigenvalue weighted by Crippen LogP contribution is 2.23. The molecule has 1 fully saturated rings. The fourth-order valence-corrected chi connectivity index (χ4v) is 3.52.